The molecule has 0 fully saturated rings. The molecule has 1 nitrogen and oxygen atoms in total. The van der Waals surface area contributed by atoms with Gasteiger partial charge in [0.1, 0.15) is 0 Å². The largest absolute Gasteiger partial charge is 0.381 e. The summed E-state index contributed by atoms with van der Waals surface area (Å²) in [5.41, 5.74) is 2.28. The van der Waals surface area contributed by atoms with Gasteiger partial charge in [-0.3, -0.25) is 0 Å². The van der Waals surface area contributed by atoms with Gasteiger partial charge in [-0.2, -0.15) is 0 Å². The molecular weight excluding hydrogens is 206 g/mol. The lowest BCUT2D eigenvalue weighted by Gasteiger charge is -2.23. The fourth-order valence-corrected chi connectivity index (χ4v) is 1.81. The van der Waals surface area contributed by atoms with Crippen LogP contribution in [0.1, 0.15) is 32.8 Å². The predicted octanol–water partition coefficient (Wildman–Crippen LogP) is 4.49. The molecule has 0 aromatic heterocycles. The zero-order valence-corrected chi connectivity index (χ0v) is 10.7. The molecule has 0 aliphatic heterocycles. The Labute approximate surface area is 97.8 Å². The van der Waals surface area contributed by atoms with E-state index in [4.69, 9.17) is 11.6 Å². The lowest BCUT2D eigenvalue weighted by atomic mass is 10.0. The molecule has 1 aromatic rings. The molecule has 0 radical (unpaired) electrons. The molecule has 0 aliphatic carbocycles. The number of hydrogen-bond donors (Lipinski definition) is 1. The first-order chi connectivity index (χ1) is 7.06. The number of benzene rings is 1. The van der Waals surface area contributed by atoms with Gasteiger partial charge in [-0.1, -0.05) is 44.0 Å². The monoisotopic (exact) mass is 225 g/mol. The third-order valence-corrected chi connectivity index (χ3v) is 3.41. The molecule has 0 saturated heterocycles. The van der Waals surface area contributed by atoms with Crippen molar-refractivity contribution in [3.8, 4) is 0 Å². The molecule has 1 aromatic carbocycles. The smallest absolute Gasteiger partial charge is 0.0640 e. The number of hydrogen-bond acceptors (Lipinski definition) is 1. The van der Waals surface area contributed by atoms with E-state index in [1.54, 1.807) is 0 Å². The second-order valence-electron chi connectivity index (χ2n) is 4.25. The predicted molar refractivity (Wildman–Crippen MR) is 68.7 cm³/mol. The highest BCUT2D eigenvalue weighted by Gasteiger charge is 2.12. The molecule has 2 atom stereocenters. The van der Waals surface area contributed by atoms with Crippen LogP contribution in [0.25, 0.3) is 0 Å². The van der Waals surface area contributed by atoms with E-state index in [-0.39, 0.29) is 0 Å². The zero-order chi connectivity index (χ0) is 11.4. The topological polar surface area (TPSA) is 12.0 Å². The van der Waals surface area contributed by atoms with Gasteiger partial charge in [0.25, 0.3) is 0 Å². The Bertz CT molecular complexity index is 302. The van der Waals surface area contributed by atoms with E-state index < -0.39 is 0 Å². The van der Waals surface area contributed by atoms with Crippen molar-refractivity contribution < 1.29 is 0 Å². The summed E-state index contributed by atoms with van der Waals surface area (Å²) in [7, 11) is 0. The summed E-state index contributed by atoms with van der Waals surface area (Å²) in [6.45, 7) is 8.75. The van der Waals surface area contributed by atoms with Crippen molar-refractivity contribution in [2.75, 3.05) is 5.32 Å². The van der Waals surface area contributed by atoms with Crippen molar-refractivity contribution in [1.82, 2.24) is 0 Å². The Kier molecular flexibility index (Phi) is 4.46. The van der Waals surface area contributed by atoms with Gasteiger partial charge >= 0.3 is 0 Å². The molecule has 2 unspecified atom stereocenters. The van der Waals surface area contributed by atoms with Gasteiger partial charge in [-0.05, 0) is 31.4 Å². The maximum atomic E-state index is 6.16. The number of aryl methyl sites for hydroxylation is 1. The van der Waals surface area contributed by atoms with Crippen LogP contribution in [-0.4, -0.2) is 6.04 Å². The van der Waals surface area contributed by atoms with Crippen LogP contribution >= 0.6 is 11.6 Å². The van der Waals surface area contributed by atoms with Gasteiger partial charge in [0, 0.05) is 6.04 Å². The maximum absolute atomic E-state index is 6.16. The summed E-state index contributed by atoms with van der Waals surface area (Å²) in [5.74, 6) is 0.653. The lowest BCUT2D eigenvalue weighted by molar-refractivity contribution is 0.494. The average molecular weight is 226 g/mol. The molecule has 0 aliphatic rings. The second kappa shape index (κ2) is 5.41. The van der Waals surface area contributed by atoms with Gasteiger partial charge < -0.3 is 5.32 Å². The van der Waals surface area contributed by atoms with Crippen LogP contribution in [-0.2, 0) is 0 Å². The van der Waals surface area contributed by atoms with Gasteiger partial charge in [-0.25, -0.2) is 0 Å². The Morgan fingerprint density at radius 2 is 2.00 bits per heavy atom. The minimum absolute atomic E-state index is 0.452. The van der Waals surface area contributed by atoms with E-state index in [9.17, 15) is 0 Å². The van der Waals surface area contributed by atoms with Crippen molar-refractivity contribution in [1.29, 1.82) is 0 Å². The fraction of sp³-hybridized carbons (Fsp3) is 0.538. The summed E-state index contributed by atoms with van der Waals surface area (Å²) in [6.07, 6.45) is 1.18. The Morgan fingerprint density at radius 1 is 1.33 bits per heavy atom. The minimum atomic E-state index is 0.452. The van der Waals surface area contributed by atoms with Crippen LogP contribution in [0.3, 0.4) is 0 Å². The Morgan fingerprint density at radius 3 is 2.53 bits per heavy atom. The van der Waals surface area contributed by atoms with Crippen LogP contribution in [0, 0.1) is 12.8 Å². The fourth-order valence-electron chi connectivity index (χ4n) is 1.54. The number of halogens is 1. The molecule has 0 amide bonds. The normalized spacial score (nSPS) is 14.7. The Hall–Kier alpha value is -0.690. The van der Waals surface area contributed by atoms with Crippen molar-refractivity contribution >= 4 is 17.3 Å². The van der Waals surface area contributed by atoms with Gasteiger partial charge in [-0.15, -0.1) is 0 Å². The summed E-state index contributed by atoms with van der Waals surface area (Å²) in [5, 5.41) is 4.31. The Balaban J connectivity index is 2.80. The molecule has 0 bridgehead atoms. The standard InChI is InChI=1S/C13H20ClN/c1-5-9(2)11(4)15-13-10(3)7-6-8-12(13)14/h6-9,11,15H,5H2,1-4H3. The minimum Gasteiger partial charge on any atom is -0.381 e. The number of nitrogens with one attached hydrogen (secondary N) is 1. The molecule has 0 saturated carbocycles. The third-order valence-electron chi connectivity index (χ3n) is 3.09. The van der Waals surface area contributed by atoms with E-state index in [2.05, 4.69) is 39.1 Å². The van der Waals surface area contributed by atoms with E-state index >= 15 is 0 Å². The molecule has 1 N–H and O–H groups in total. The highest BCUT2D eigenvalue weighted by molar-refractivity contribution is 6.33. The van der Waals surface area contributed by atoms with E-state index in [0.717, 1.165) is 10.7 Å². The van der Waals surface area contributed by atoms with Gasteiger partial charge in [0.2, 0.25) is 0 Å². The highest BCUT2D eigenvalue weighted by Crippen LogP contribution is 2.27. The molecule has 84 valence electrons. The van der Waals surface area contributed by atoms with Gasteiger partial charge in [0.05, 0.1) is 10.7 Å². The van der Waals surface area contributed by atoms with Crippen LogP contribution < -0.4 is 5.32 Å². The van der Waals surface area contributed by atoms with Gasteiger partial charge in [0.15, 0.2) is 0 Å². The first kappa shape index (κ1) is 12.4. The first-order valence-corrected chi connectivity index (χ1v) is 5.95. The van der Waals surface area contributed by atoms with Crippen LogP contribution in [0.15, 0.2) is 18.2 Å². The van der Waals surface area contributed by atoms with Crippen molar-refractivity contribution in [2.45, 2.75) is 40.2 Å². The summed E-state index contributed by atoms with van der Waals surface area (Å²) in [4.78, 5) is 0. The molecule has 1 rings (SSSR count). The summed E-state index contributed by atoms with van der Waals surface area (Å²) >= 11 is 6.16. The lowest BCUT2D eigenvalue weighted by Crippen LogP contribution is -2.23. The molecule has 2 heteroatoms. The molecule has 0 spiro atoms. The maximum Gasteiger partial charge on any atom is 0.0640 e. The second-order valence-corrected chi connectivity index (χ2v) is 4.66. The third kappa shape index (κ3) is 3.13. The SMILES string of the molecule is CCC(C)C(C)Nc1c(C)cccc1Cl. The van der Waals surface area contributed by atoms with E-state index in [1.165, 1.54) is 12.0 Å². The van der Waals surface area contributed by atoms with Crippen molar-refractivity contribution in [3.63, 3.8) is 0 Å². The van der Waals surface area contributed by atoms with Crippen molar-refractivity contribution in [2.24, 2.45) is 5.92 Å². The van der Waals surface area contributed by atoms with Crippen LogP contribution in [0.2, 0.25) is 5.02 Å². The molecule has 15 heavy (non-hydrogen) atoms. The summed E-state index contributed by atoms with van der Waals surface area (Å²) < 4.78 is 0. The van der Waals surface area contributed by atoms with Crippen LogP contribution in [0.4, 0.5) is 5.69 Å². The summed E-state index contributed by atoms with van der Waals surface area (Å²) in [6, 6.07) is 6.45. The first-order valence-electron chi connectivity index (χ1n) is 5.58. The highest BCUT2D eigenvalue weighted by atomic mass is 35.5. The molecule has 0 heterocycles. The van der Waals surface area contributed by atoms with Crippen LogP contribution in [0.5, 0.6) is 0 Å². The van der Waals surface area contributed by atoms with Crippen molar-refractivity contribution in [3.05, 3.63) is 28.8 Å². The number of anilines is 1. The average Bonchev–Trinajstić information content (AvgIpc) is 2.22. The zero-order valence-electron chi connectivity index (χ0n) is 9.97. The number of rotatable bonds is 4. The number of para-hydroxylation sites is 1. The quantitative estimate of drug-likeness (QED) is 0.796. The van der Waals surface area contributed by atoms with E-state index in [1.807, 2.05) is 12.1 Å². The van der Waals surface area contributed by atoms with E-state index in [0.29, 0.717) is 12.0 Å². The molecular formula is C13H20ClN.